The number of rotatable bonds is 9. The maximum absolute atomic E-state index is 13.5. The molecule has 0 bridgehead atoms. The minimum atomic E-state index is -0.675. The number of esters is 5. The van der Waals surface area contributed by atoms with E-state index in [1.807, 2.05) is 6.92 Å². The average Bonchev–Trinajstić information content (AvgIpc) is 3.23. The van der Waals surface area contributed by atoms with Crippen LogP contribution in [0.4, 0.5) is 0 Å². The van der Waals surface area contributed by atoms with Crippen molar-refractivity contribution < 1.29 is 47.7 Å². The van der Waals surface area contributed by atoms with Gasteiger partial charge in [0.05, 0.1) is 0 Å². The first-order chi connectivity index (χ1) is 21.4. The molecule has 1 aliphatic heterocycles. The fourth-order valence-electron chi connectivity index (χ4n) is 10.2. The van der Waals surface area contributed by atoms with Crippen molar-refractivity contribution in [2.24, 2.45) is 52.3 Å². The fraction of sp³-hybridized carbons (Fsp3) is 0.861. The molecule has 0 spiro atoms. The third-order valence-corrected chi connectivity index (χ3v) is 12.6. The van der Waals surface area contributed by atoms with Gasteiger partial charge >= 0.3 is 29.8 Å². The highest BCUT2D eigenvalue weighted by Gasteiger charge is 2.64. The summed E-state index contributed by atoms with van der Waals surface area (Å²) in [6.07, 6.45) is 1.74. The van der Waals surface area contributed by atoms with Crippen molar-refractivity contribution in [3.63, 3.8) is 0 Å². The molecular formula is C36H56O10. The monoisotopic (exact) mass is 648 g/mol. The second-order valence-corrected chi connectivity index (χ2v) is 15.6. The van der Waals surface area contributed by atoms with Crippen molar-refractivity contribution >= 4 is 29.8 Å². The highest BCUT2D eigenvalue weighted by atomic mass is 16.6. The Hall–Kier alpha value is -2.65. The first-order valence-corrected chi connectivity index (χ1v) is 17.3. The molecule has 3 saturated carbocycles. The van der Waals surface area contributed by atoms with Crippen LogP contribution in [0, 0.1) is 52.3 Å². The third kappa shape index (κ3) is 7.10. The van der Waals surface area contributed by atoms with E-state index in [4.69, 9.17) is 23.7 Å². The second-order valence-electron chi connectivity index (χ2n) is 15.6. The third-order valence-electron chi connectivity index (χ3n) is 12.6. The summed E-state index contributed by atoms with van der Waals surface area (Å²) in [5.41, 5.74) is -0.604. The number of fused-ring (bicyclic) bond motifs is 5. The van der Waals surface area contributed by atoms with Gasteiger partial charge in [-0.2, -0.15) is 0 Å². The van der Waals surface area contributed by atoms with Crippen molar-refractivity contribution in [3.8, 4) is 0 Å². The normalized spacial score (nSPS) is 38.0. The van der Waals surface area contributed by atoms with E-state index in [1.54, 1.807) is 0 Å². The van der Waals surface area contributed by atoms with Gasteiger partial charge in [-0.25, -0.2) is 0 Å². The Labute approximate surface area is 274 Å². The standard InChI is InChI=1S/C36H56O10/c1-18(2)19(3)33(44-23(7)39)34(45-24(8)40)20(4)26-11-12-27-25-15-32(41)46-31-16-29(42-21(5)37)30(43-22(6)38)17-36(31,10)28(25)13-14-35(26,27)9/h18-20,25-31,33-34H,11-17H2,1-10H3/t19-,20+,25-,26-,27+,28-,29+,30-,31+,33-,34-,35-,36-/m1/s1. The van der Waals surface area contributed by atoms with E-state index in [2.05, 4.69) is 34.6 Å². The van der Waals surface area contributed by atoms with E-state index in [0.717, 1.165) is 25.7 Å². The summed E-state index contributed by atoms with van der Waals surface area (Å²) in [4.78, 5) is 62.2. The largest absolute Gasteiger partial charge is 0.462 e. The lowest BCUT2D eigenvalue weighted by atomic mass is 9.49. The van der Waals surface area contributed by atoms with E-state index in [9.17, 15) is 24.0 Å². The minimum absolute atomic E-state index is 0.0303. The van der Waals surface area contributed by atoms with Gasteiger partial charge in [0.2, 0.25) is 0 Å². The number of carbonyl (C=O) groups is 5. The zero-order chi connectivity index (χ0) is 34.3. The van der Waals surface area contributed by atoms with Gasteiger partial charge in [0, 0.05) is 51.9 Å². The van der Waals surface area contributed by atoms with E-state index in [1.165, 1.54) is 27.7 Å². The number of carbonyl (C=O) groups excluding carboxylic acids is 5. The topological polar surface area (TPSA) is 132 Å². The van der Waals surface area contributed by atoms with Gasteiger partial charge < -0.3 is 23.7 Å². The molecule has 0 aromatic heterocycles. The molecule has 13 atom stereocenters. The molecule has 0 unspecified atom stereocenters. The highest BCUT2D eigenvalue weighted by molar-refractivity contribution is 5.71. The van der Waals surface area contributed by atoms with Crippen molar-refractivity contribution in [3.05, 3.63) is 0 Å². The van der Waals surface area contributed by atoms with Crippen LogP contribution in [0.15, 0.2) is 0 Å². The molecule has 46 heavy (non-hydrogen) atoms. The second kappa shape index (κ2) is 13.8. The Kier molecular flexibility index (Phi) is 10.9. The highest BCUT2D eigenvalue weighted by Crippen LogP contribution is 2.66. The average molecular weight is 649 g/mol. The van der Waals surface area contributed by atoms with Crippen LogP contribution in [0.1, 0.15) is 114 Å². The first-order valence-electron chi connectivity index (χ1n) is 17.3. The number of ether oxygens (including phenoxy) is 5. The zero-order valence-corrected chi connectivity index (χ0v) is 29.5. The molecule has 4 rings (SSSR count). The van der Waals surface area contributed by atoms with Crippen LogP contribution >= 0.6 is 0 Å². The Morgan fingerprint density at radius 2 is 1.33 bits per heavy atom. The van der Waals surface area contributed by atoms with Crippen LogP contribution in [-0.4, -0.2) is 60.4 Å². The molecule has 1 saturated heterocycles. The predicted octanol–water partition coefficient (Wildman–Crippen LogP) is 5.82. The maximum Gasteiger partial charge on any atom is 0.306 e. The van der Waals surface area contributed by atoms with Crippen LogP contribution in [0.2, 0.25) is 0 Å². The van der Waals surface area contributed by atoms with E-state index < -0.39 is 59.8 Å². The van der Waals surface area contributed by atoms with E-state index >= 15 is 0 Å². The Balaban J connectivity index is 1.66. The van der Waals surface area contributed by atoms with Gasteiger partial charge in [-0.1, -0.05) is 41.5 Å². The van der Waals surface area contributed by atoms with Gasteiger partial charge in [-0.15, -0.1) is 0 Å². The summed E-state index contributed by atoms with van der Waals surface area (Å²) in [5.74, 6) is -1.23. The molecular weight excluding hydrogens is 592 g/mol. The molecule has 260 valence electrons. The van der Waals surface area contributed by atoms with Crippen molar-refractivity contribution in [2.75, 3.05) is 0 Å². The van der Waals surface area contributed by atoms with E-state index in [-0.39, 0.29) is 52.8 Å². The van der Waals surface area contributed by atoms with Crippen LogP contribution in [0.3, 0.4) is 0 Å². The summed E-state index contributed by atoms with van der Waals surface area (Å²) < 4.78 is 29.4. The van der Waals surface area contributed by atoms with Gasteiger partial charge in [-0.3, -0.25) is 24.0 Å². The van der Waals surface area contributed by atoms with Gasteiger partial charge in [-0.05, 0) is 73.0 Å². The van der Waals surface area contributed by atoms with Gasteiger partial charge in [0.15, 0.2) is 0 Å². The predicted molar refractivity (Wildman–Crippen MR) is 168 cm³/mol. The lowest BCUT2D eigenvalue weighted by Crippen LogP contribution is -2.57. The number of hydrogen-bond donors (Lipinski definition) is 0. The lowest BCUT2D eigenvalue weighted by Gasteiger charge is -2.56. The Morgan fingerprint density at radius 3 is 1.89 bits per heavy atom. The van der Waals surface area contributed by atoms with Crippen molar-refractivity contribution in [2.45, 2.75) is 145 Å². The number of hydrogen-bond acceptors (Lipinski definition) is 10. The Bertz CT molecular complexity index is 1180. The zero-order valence-electron chi connectivity index (χ0n) is 29.5. The summed E-state index contributed by atoms with van der Waals surface area (Å²) in [6.45, 7) is 18.3. The Morgan fingerprint density at radius 1 is 0.761 bits per heavy atom. The molecule has 4 fully saturated rings. The van der Waals surface area contributed by atoms with Crippen molar-refractivity contribution in [1.82, 2.24) is 0 Å². The smallest absolute Gasteiger partial charge is 0.306 e. The minimum Gasteiger partial charge on any atom is -0.462 e. The summed E-state index contributed by atoms with van der Waals surface area (Å²) >= 11 is 0. The fourth-order valence-corrected chi connectivity index (χ4v) is 10.2. The van der Waals surface area contributed by atoms with Crippen LogP contribution in [-0.2, 0) is 47.7 Å². The molecule has 0 amide bonds. The van der Waals surface area contributed by atoms with E-state index in [0.29, 0.717) is 19.3 Å². The van der Waals surface area contributed by atoms with Crippen molar-refractivity contribution in [1.29, 1.82) is 0 Å². The maximum atomic E-state index is 13.5. The first kappa shape index (κ1) is 36.2. The van der Waals surface area contributed by atoms with Gasteiger partial charge in [0.25, 0.3) is 0 Å². The molecule has 0 N–H and O–H groups in total. The summed E-state index contributed by atoms with van der Waals surface area (Å²) in [7, 11) is 0. The van der Waals surface area contributed by atoms with Crippen LogP contribution < -0.4 is 0 Å². The SMILES string of the molecule is CC(=O)O[C@H]([C@@H](C)[C@H]1CC[C@H]2[C@H]3CC(=O)O[C@H]4C[C@H](OC(C)=O)[C@H](OC(C)=O)C[C@]4(C)[C@@H]3CC[C@]12C)[C@H](OC(C)=O)[C@H](C)C(C)C. The lowest BCUT2D eigenvalue weighted by molar-refractivity contribution is -0.198. The quantitative estimate of drug-likeness (QED) is 0.223. The molecule has 10 heteroatoms. The molecule has 1 heterocycles. The summed E-state index contributed by atoms with van der Waals surface area (Å²) in [6, 6.07) is 0. The molecule has 0 aromatic rings. The summed E-state index contributed by atoms with van der Waals surface area (Å²) in [5, 5.41) is 0. The molecule has 10 nitrogen and oxygen atoms in total. The molecule has 0 radical (unpaired) electrons. The molecule has 4 aliphatic rings. The van der Waals surface area contributed by atoms with Crippen LogP contribution in [0.25, 0.3) is 0 Å². The van der Waals surface area contributed by atoms with Crippen LogP contribution in [0.5, 0.6) is 0 Å². The molecule has 3 aliphatic carbocycles. The molecule has 0 aromatic carbocycles. The van der Waals surface area contributed by atoms with Gasteiger partial charge in [0.1, 0.15) is 30.5 Å².